The molecule has 1 unspecified atom stereocenters. The largest absolute Gasteiger partial charge is 0.464 e. The van der Waals surface area contributed by atoms with Crippen molar-refractivity contribution in [2.45, 2.75) is 5.01 Å². The highest BCUT2D eigenvalue weighted by Gasteiger charge is 2.22. The van der Waals surface area contributed by atoms with E-state index in [1.807, 2.05) is 0 Å². The Morgan fingerprint density at radius 2 is 2.08 bits per heavy atom. The minimum absolute atomic E-state index is 0.0974. The molecule has 13 heavy (non-hydrogen) atoms. The maximum Gasteiger partial charge on any atom is 0.201 e. The van der Waals surface area contributed by atoms with Crippen LogP contribution in [0.3, 0.4) is 0 Å². The predicted octanol–water partition coefficient (Wildman–Crippen LogP) is 2.72. The Morgan fingerprint density at radius 1 is 1.31 bits per heavy atom. The fourth-order valence-electron chi connectivity index (χ4n) is 1.08. The highest BCUT2D eigenvalue weighted by molar-refractivity contribution is 9.09. The maximum atomic E-state index is 13.2. The summed E-state index contributed by atoms with van der Waals surface area (Å²) in [5.74, 6) is -2.02. The molecule has 2 aliphatic rings. The average molecular weight is 251 g/mol. The summed E-state index contributed by atoms with van der Waals surface area (Å²) in [5, 5.41) is -0.670. The molecule has 0 fully saturated rings. The average Bonchev–Trinajstić information content (AvgIpc) is 2.08. The Morgan fingerprint density at radius 3 is 2.85 bits per heavy atom. The van der Waals surface area contributed by atoms with Crippen molar-refractivity contribution >= 4 is 15.9 Å². The molecule has 70 valence electrons. The van der Waals surface area contributed by atoms with Gasteiger partial charge >= 0.3 is 0 Å². The first-order valence-electron chi connectivity index (χ1n) is 3.56. The minimum Gasteiger partial charge on any atom is -0.464 e. The molecule has 0 aliphatic carbocycles. The van der Waals surface area contributed by atoms with Gasteiger partial charge in [-0.05, 0) is 12.1 Å². The predicted molar refractivity (Wildman–Crippen MR) is 44.6 cm³/mol. The van der Waals surface area contributed by atoms with Crippen molar-refractivity contribution in [1.82, 2.24) is 0 Å². The normalized spacial score (nSPS) is 20.7. The van der Waals surface area contributed by atoms with Gasteiger partial charge in [0.1, 0.15) is 5.01 Å². The summed E-state index contributed by atoms with van der Waals surface area (Å²) in [6, 6.07) is 2.80. The molecule has 2 aliphatic heterocycles. The molecule has 0 N–H and O–H groups in total. The van der Waals surface area contributed by atoms with Gasteiger partial charge in [-0.15, -0.1) is 0 Å². The van der Waals surface area contributed by atoms with Crippen LogP contribution in [0.4, 0.5) is 8.78 Å². The summed E-state index contributed by atoms with van der Waals surface area (Å²) >= 11 is 3.05. The SMILES string of the molecule is Fc1c2ccc(c1F)C(Br)OCO2. The van der Waals surface area contributed by atoms with Gasteiger partial charge in [0, 0.05) is 5.56 Å². The monoisotopic (exact) mass is 250 g/mol. The van der Waals surface area contributed by atoms with Gasteiger partial charge in [-0.25, -0.2) is 4.39 Å². The van der Waals surface area contributed by atoms with E-state index in [9.17, 15) is 8.78 Å². The van der Waals surface area contributed by atoms with Gasteiger partial charge < -0.3 is 9.47 Å². The van der Waals surface area contributed by atoms with Crippen molar-refractivity contribution in [3.05, 3.63) is 29.3 Å². The number of hydrogen-bond donors (Lipinski definition) is 0. The number of benzene rings is 1. The van der Waals surface area contributed by atoms with E-state index in [1.165, 1.54) is 12.1 Å². The van der Waals surface area contributed by atoms with Gasteiger partial charge in [-0.3, -0.25) is 0 Å². The lowest BCUT2D eigenvalue weighted by atomic mass is 10.2. The van der Waals surface area contributed by atoms with Gasteiger partial charge in [0.25, 0.3) is 0 Å². The van der Waals surface area contributed by atoms with Crippen LogP contribution in [0.5, 0.6) is 5.75 Å². The summed E-state index contributed by atoms with van der Waals surface area (Å²) < 4.78 is 36.0. The zero-order chi connectivity index (χ0) is 9.42. The summed E-state index contributed by atoms with van der Waals surface area (Å²) in [7, 11) is 0. The van der Waals surface area contributed by atoms with Crippen molar-refractivity contribution in [2.75, 3.05) is 6.79 Å². The molecular formula is C8H5BrF2O2. The molecule has 1 aromatic carbocycles. The summed E-state index contributed by atoms with van der Waals surface area (Å²) in [6.07, 6.45) is 0. The third-order valence-electron chi connectivity index (χ3n) is 1.75. The van der Waals surface area contributed by atoms with E-state index >= 15 is 0 Å². The van der Waals surface area contributed by atoms with Crippen LogP contribution in [-0.2, 0) is 4.74 Å². The standard InChI is InChI=1S/C8H5BrF2O2/c9-8-4-1-2-5(12-3-13-8)7(11)6(4)10/h1-2,8H,3H2. The fraction of sp³-hybridized carbons (Fsp3) is 0.250. The Bertz CT molecular complexity index is 343. The van der Waals surface area contributed by atoms with E-state index in [0.717, 1.165) is 0 Å². The Kier molecular flexibility index (Phi) is 2.21. The molecule has 0 radical (unpaired) electrons. The van der Waals surface area contributed by atoms with E-state index in [1.54, 1.807) is 0 Å². The van der Waals surface area contributed by atoms with Crippen LogP contribution in [0.15, 0.2) is 12.1 Å². The summed E-state index contributed by atoms with van der Waals surface area (Å²) in [6.45, 7) is -0.0974. The van der Waals surface area contributed by atoms with Crippen LogP contribution < -0.4 is 4.74 Å². The zero-order valence-electron chi connectivity index (χ0n) is 6.39. The van der Waals surface area contributed by atoms with Crippen LogP contribution in [0.1, 0.15) is 10.6 Å². The Labute approximate surface area is 81.6 Å². The number of rotatable bonds is 0. The number of halogens is 3. The van der Waals surface area contributed by atoms with Gasteiger partial charge in [-0.1, -0.05) is 15.9 Å². The molecule has 0 aromatic heterocycles. The van der Waals surface area contributed by atoms with E-state index in [-0.39, 0.29) is 18.1 Å². The summed E-state index contributed by atoms with van der Waals surface area (Å²) in [5.41, 5.74) is 0.143. The fourth-order valence-corrected chi connectivity index (χ4v) is 1.54. The van der Waals surface area contributed by atoms with Gasteiger partial charge in [0.05, 0.1) is 0 Å². The zero-order valence-corrected chi connectivity index (χ0v) is 7.98. The molecule has 2 nitrogen and oxygen atoms in total. The highest BCUT2D eigenvalue weighted by Crippen LogP contribution is 2.33. The molecular weight excluding hydrogens is 246 g/mol. The van der Waals surface area contributed by atoms with E-state index in [4.69, 9.17) is 9.47 Å². The third-order valence-corrected chi connectivity index (χ3v) is 2.51. The first-order chi connectivity index (χ1) is 6.20. The van der Waals surface area contributed by atoms with Crippen LogP contribution >= 0.6 is 15.9 Å². The van der Waals surface area contributed by atoms with Crippen molar-refractivity contribution in [2.24, 2.45) is 0 Å². The van der Waals surface area contributed by atoms with E-state index < -0.39 is 16.6 Å². The van der Waals surface area contributed by atoms with Crippen LogP contribution in [0.2, 0.25) is 0 Å². The first-order valence-corrected chi connectivity index (χ1v) is 4.48. The number of ether oxygens (including phenoxy) is 2. The number of fused-ring (bicyclic) bond motifs is 5. The van der Waals surface area contributed by atoms with E-state index in [0.29, 0.717) is 0 Å². The smallest absolute Gasteiger partial charge is 0.201 e. The van der Waals surface area contributed by atoms with Gasteiger partial charge in [0.2, 0.25) is 5.82 Å². The molecule has 2 heterocycles. The molecule has 3 rings (SSSR count). The number of hydrogen-bond acceptors (Lipinski definition) is 2. The number of alkyl halides is 1. The topological polar surface area (TPSA) is 18.5 Å². The second kappa shape index (κ2) is 3.23. The molecule has 0 amide bonds. The molecule has 0 spiro atoms. The van der Waals surface area contributed by atoms with Crippen molar-refractivity contribution in [3.63, 3.8) is 0 Å². The second-order valence-corrected chi connectivity index (χ2v) is 3.36. The van der Waals surface area contributed by atoms with Crippen LogP contribution in [0, 0.1) is 11.6 Å². The van der Waals surface area contributed by atoms with Crippen LogP contribution in [-0.4, -0.2) is 6.79 Å². The Balaban J connectivity index is 2.60. The van der Waals surface area contributed by atoms with Crippen LogP contribution in [0.25, 0.3) is 0 Å². The van der Waals surface area contributed by atoms with Gasteiger partial charge in [-0.2, -0.15) is 4.39 Å². The molecule has 5 heteroatoms. The van der Waals surface area contributed by atoms with Crippen molar-refractivity contribution < 1.29 is 18.3 Å². The Hall–Kier alpha value is -0.680. The lowest BCUT2D eigenvalue weighted by Crippen LogP contribution is -2.12. The summed E-state index contributed by atoms with van der Waals surface area (Å²) in [4.78, 5) is 0. The van der Waals surface area contributed by atoms with Crippen molar-refractivity contribution in [3.8, 4) is 5.75 Å². The molecule has 2 bridgehead atoms. The minimum atomic E-state index is -0.967. The lowest BCUT2D eigenvalue weighted by Gasteiger charge is -2.18. The highest BCUT2D eigenvalue weighted by atomic mass is 79.9. The molecule has 0 saturated heterocycles. The lowest BCUT2D eigenvalue weighted by molar-refractivity contribution is -0.00515. The molecule has 1 atom stereocenters. The van der Waals surface area contributed by atoms with Crippen molar-refractivity contribution in [1.29, 1.82) is 0 Å². The third kappa shape index (κ3) is 1.42. The molecule has 0 saturated carbocycles. The second-order valence-electron chi connectivity index (χ2n) is 2.53. The molecule has 1 aromatic rings. The van der Waals surface area contributed by atoms with E-state index in [2.05, 4.69) is 15.9 Å². The maximum absolute atomic E-state index is 13.2. The van der Waals surface area contributed by atoms with Gasteiger partial charge in [0.15, 0.2) is 18.4 Å². The first kappa shape index (κ1) is 8.90. The quantitative estimate of drug-likeness (QED) is 0.660.